The lowest BCUT2D eigenvalue weighted by Crippen LogP contribution is -2.33. The number of amides is 1. The van der Waals surface area contributed by atoms with Crippen LogP contribution >= 0.6 is 23.4 Å². The van der Waals surface area contributed by atoms with E-state index in [1.54, 1.807) is 13.0 Å². The molecule has 2 heterocycles. The van der Waals surface area contributed by atoms with Gasteiger partial charge < -0.3 is 9.42 Å². The van der Waals surface area contributed by atoms with Gasteiger partial charge in [0.25, 0.3) is 5.91 Å². The number of aromatic nitrogens is 1. The van der Waals surface area contributed by atoms with Gasteiger partial charge in [-0.05, 0) is 25.0 Å². The molecule has 1 amide bonds. The second kappa shape index (κ2) is 6.75. The number of halogens is 1. The monoisotopic (exact) mass is 336 g/mol. The molecule has 1 aromatic heterocycles. The number of nitrogens with zero attached hydrogens (tertiary/aromatic N) is 2. The Morgan fingerprint density at radius 3 is 2.95 bits per heavy atom. The van der Waals surface area contributed by atoms with Crippen molar-refractivity contribution in [2.75, 3.05) is 18.8 Å². The highest BCUT2D eigenvalue weighted by atomic mass is 35.5. The van der Waals surface area contributed by atoms with Gasteiger partial charge in [0.15, 0.2) is 5.69 Å². The van der Waals surface area contributed by atoms with Crippen LogP contribution in [0.25, 0.3) is 0 Å². The molecule has 1 aliphatic rings. The van der Waals surface area contributed by atoms with Gasteiger partial charge in [0.2, 0.25) is 0 Å². The molecule has 2 aromatic rings. The number of carbonyl (C=O) groups excluding carboxylic acids is 1. The molecule has 0 bridgehead atoms. The van der Waals surface area contributed by atoms with E-state index in [2.05, 4.69) is 11.2 Å². The topological polar surface area (TPSA) is 46.3 Å². The molecule has 6 heteroatoms. The molecule has 0 N–H and O–H groups in total. The summed E-state index contributed by atoms with van der Waals surface area (Å²) in [6, 6.07) is 9.62. The lowest BCUT2D eigenvalue weighted by atomic mass is 10.1. The zero-order valence-electron chi connectivity index (χ0n) is 12.3. The molecule has 0 saturated carbocycles. The zero-order valence-corrected chi connectivity index (χ0v) is 13.9. The first-order valence-corrected chi connectivity index (χ1v) is 8.66. The van der Waals surface area contributed by atoms with Crippen LogP contribution in [0.3, 0.4) is 0 Å². The fourth-order valence-electron chi connectivity index (χ4n) is 2.59. The molecule has 1 fully saturated rings. The van der Waals surface area contributed by atoms with Crippen molar-refractivity contribution < 1.29 is 9.32 Å². The second-order valence-corrected chi connectivity index (χ2v) is 7.00. The third-order valence-corrected chi connectivity index (χ3v) is 5.38. The van der Waals surface area contributed by atoms with Gasteiger partial charge in [0, 0.05) is 35.2 Å². The molecule has 0 spiro atoms. The van der Waals surface area contributed by atoms with Crippen LogP contribution in [-0.2, 0) is 0 Å². The molecule has 1 atom stereocenters. The van der Waals surface area contributed by atoms with E-state index >= 15 is 0 Å². The maximum atomic E-state index is 12.4. The van der Waals surface area contributed by atoms with Crippen molar-refractivity contribution in [2.45, 2.75) is 18.6 Å². The molecule has 1 saturated heterocycles. The summed E-state index contributed by atoms with van der Waals surface area (Å²) >= 11 is 8.14. The third-order valence-electron chi connectivity index (χ3n) is 3.73. The number of carbonyl (C=O) groups is 1. The Bertz CT molecular complexity index is 674. The third kappa shape index (κ3) is 3.31. The molecule has 4 nitrogen and oxygen atoms in total. The van der Waals surface area contributed by atoms with E-state index in [4.69, 9.17) is 16.1 Å². The van der Waals surface area contributed by atoms with Crippen molar-refractivity contribution in [2.24, 2.45) is 0 Å². The van der Waals surface area contributed by atoms with Gasteiger partial charge in [0.1, 0.15) is 5.76 Å². The Kier molecular flexibility index (Phi) is 4.74. The van der Waals surface area contributed by atoms with Gasteiger partial charge in [0.05, 0.1) is 0 Å². The van der Waals surface area contributed by atoms with Gasteiger partial charge in [-0.2, -0.15) is 11.8 Å². The lowest BCUT2D eigenvalue weighted by Gasteiger charge is -2.19. The van der Waals surface area contributed by atoms with Crippen molar-refractivity contribution in [3.63, 3.8) is 0 Å². The molecular weight excluding hydrogens is 320 g/mol. The van der Waals surface area contributed by atoms with Crippen LogP contribution in [-0.4, -0.2) is 34.8 Å². The molecule has 116 valence electrons. The highest BCUT2D eigenvalue weighted by Gasteiger charge is 2.25. The number of rotatable bonds is 2. The minimum Gasteiger partial charge on any atom is -0.361 e. The average Bonchev–Trinajstić information content (AvgIpc) is 2.81. The van der Waals surface area contributed by atoms with E-state index in [1.807, 2.05) is 34.9 Å². The van der Waals surface area contributed by atoms with Crippen LogP contribution in [0, 0.1) is 6.92 Å². The summed E-state index contributed by atoms with van der Waals surface area (Å²) in [4.78, 5) is 14.3. The first-order chi connectivity index (χ1) is 10.6. The number of hydrogen-bond donors (Lipinski definition) is 0. The van der Waals surface area contributed by atoms with E-state index in [0.717, 1.165) is 29.3 Å². The number of aryl methyl sites for hydroxylation is 1. The minimum atomic E-state index is -0.0581. The average molecular weight is 337 g/mol. The van der Waals surface area contributed by atoms with Gasteiger partial charge in [-0.25, -0.2) is 0 Å². The number of thioether (sulfide) groups is 1. The number of hydrogen-bond acceptors (Lipinski definition) is 4. The van der Waals surface area contributed by atoms with Crippen molar-refractivity contribution >= 4 is 29.3 Å². The quantitative estimate of drug-likeness (QED) is 0.832. The van der Waals surface area contributed by atoms with E-state index < -0.39 is 0 Å². The van der Waals surface area contributed by atoms with E-state index in [1.165, 1.54) is 0 Å². The molecule has 1 unspecified atom stereocenters. The lowest BCUT2D eigenvalue weighted by molar-refractivity contribution is 0.0756. The van der Waals surface area contributed by atoms with E-state index in [-0.39, 0.29) is 5.91 Å². The van der Waals surface area contributed by atoms with Crippen molar-refractivity contribution in [1.29, 1.82) is 0 Å². The Morgan fingerprint density at radius 2 is 2.23 bits per heavy atom. The smallest absolute Gasteiger partial charge is 0.276 e. The summed E-state index contributed by atoms with van der Waals surface area (Å²) in [6.07, 6.45) is 0.886. The fourth-order valence-corrected chi connectivity index (χ4v) is 4.19. The molecule has 3 rings (SSSR count). The first kappa shape index (κ1) is 15.4. The molecule has 22 heavy (non-hydrogen) atoms. The van der Waals surface area contributed by atoms with Crippen LogP contribution in [0.1, 0.15) is 33.5 Å². The first-order valence-electron chi connectivity index (χ1n) is 7.24. The van der Waals surface area contributed by atoms with Crippen molar-refractivity contribution in [3.8, 4) is 0 Å². The van der Waals surface area contributed by atoms with Crippen LogP contribution < -0.4 is 0 Å². The molecule has 1 aliphatic heterocycles. The van der Waals surface area contributed by atoms with Crippen LogP contribution in [0.5, 0.6) is 0 Å². The molecule has 1 aromatic carbocycles. The SMILES string of the molecule is Cc1cc(C(=O)N2CCSC(c3ccccc3Cl)CC2)no1. The Hall–Kier alpha value is -1.46. The van der Waals surface area contributed by atoms with E-state index in [9.17, 15) is 4.79 Å². The normalized spacial score (nSPS) is 19.0. The van der Waals surface area contributed by atoms with Crippen molar-refractivity contribution in [1.82, 2.24) is 10.1 Å². The van der Waals surface area contributed by atoms with Crippen LogP contribution in [0.2, 0.25) is 5.02 Å². The molecule has 0 aliphatic carbocycles. The van der Waals surface area contributed by atoms with Gasteiger partial charge in [-0.15, -0.1) is 0 Å². The van der Waals surface area contributed by atoms with Gasteiger partial charge >= 0.3 is 0 Å². The second-order valence-electron chi connectivity index (χ2n) is 5.28. The molecule has 0 radical (unpaired) electrons. The Labute approximate surface area is 138 Å². The zero-order chi connectivity index (χ0) is 15.5. The Balaban J connectivity index is 1.70. The highest BCUT2D eigenvalue weighted by Crippen LogP contribution is 2.37. The summed E-state index contributed by atoms with van der Waals surface area (Å²) in [5, 5.41) is 4.94. The highest BCUT2D eigenvalue weighted by molar-refractivity contribution is 7.99. The predicted molar refractivity (Wildman–Crippen MR) is 88.4 cm³/mol. The number of benzene rings is 1. The maximum Gasteiger partial charge on any atom is 0.276 e. The minimum absolute atomic E-state index is 0.0581. The van der Waals surface area contributed by atoms with Crippen LogP contribution in [0.4, 0.5) is 0 Å². The fraction of sp³-hybridized carbons (Fsp3) is 0.375. The summed E-state index contributed by atoms with van der Waals surface area (Å²) in [5.41, 5.74) is 1.54. The largest absolute Gasteiger partial charge is 0.361 e. The van der Waals surface area contributed by atoms with Crippen molar-refractivity contribution in [3.05, 3.63) is 52.4 Å². The summed E-state index contributed by atoms with van der Waals surface area (Å²) in [5.74, 6) is 1.48. The van der Waals surface area contributed by atoms with Crippen LogP contribution in [0.15, 0.2) is 34.9 Å². The Morgan fingerprint density at radius 1 is 1.41 bits per heavy atom. The standard InChI is InChI=1S/C16H17ClN2O2S/c1-11-10-14(18-21-11)16(20)19-7-6-15(22-9-8-19)12-4-2-3-5-13(12)17/h2-5,10,15H,6-9H2,1H3. The predicted octanol–water partition coefficient (Wildman–Crippen LogP) is 3.96. The maximum absolute atomic E-state index is 12.4. The summed E-state index contributed by atoms with van der Waals surface area (Å²) < 4.78 is 4.99. The summed E-state index contributed by atoms with van der Waals surface area (Å²) in [7, 11) is 0. The summed E-state index contributed by atoms with van der Waals surface area (Å²) in [6.45, 7) is 3.21. The van der Waals surface area contributed by atoms with E-state index in [0.29, 0.717) is 23.2 Å². The van der Waals surface area contributed by atoms with Gasteiger partial charge in [-0.1, -0.05) is 35.0 Å². The molecular formula is C16H17ClN2O2S. The van der Waals surface area contributed by atoms with Gasteiger partial charge in [-0.3, -0.25) is 4.79 Å².